The van der Waals surface area contributed by atoms with E-state index >= 15 is 0 Å². The van der Waals surface area contributed by atoms with E-state index in [1.54, 1.807) is 54.6 Å². The van der Waals surface area contributed by atoms with Gasteiger partial charge in [-0.05, 0) is 61.4 Å². The summed E-state index contributed by atoms with van der Waals surface area (Å²) in [6.07, 6.45) is -1.44. The van der Waals surface area contributed by atoms with Gasteiger partial charge in [-0.25, -0.2) is 4.79 Å². The van der Waals surface area contributed by atoms with Crippen LogP contribution in [0.15, 0.2) is 72.8 Å². The van der Waals surface area contributed by atoms with E-state index in [4.69, 9.17) is 16.3 Å². The van der Waals surface area contributed by atoms with E-state index in [2.05, 4.69) is 10.6 Å². The van der Waals surface area contributed by atoms with Crippen LogP contribution in [-0.2, 0) is 16.1 Å². The number of halogens is 1. The number of aryl methyl sites for hydroxylation is 1. The van der Waals surface area contributed by atoms with Crippen LogP contribution in [0.3, 0.4) is 0 Å². The molecular weight excluding hydrogens is 466 g/mol. The van der Waals surface area contributed by atoms with Crippen LogP contribution in [0.1, 0.15) is 40.1 Å². The van der Waals surface area contributed by atoms with Crippen molar-refractivity contribution in [3.63, 3.8) is 0 Å². The smallest absolute Gasteiger partial charge is 0.411 e. The lowest BCUT2D eigenvalue weighted by Crippen LogP contribution is -2.46. The molecule has 1 aliphatic heterocycles. The van der Waals surface area contributed by atoms with Gasteiger partial charge in [0.2, 0.25) is 5.91 Å². The number of nitrogens with one attached hydrogen (secondary N) is 2. The van der Waals surface area contributed by atoms with Crippen molar-refractivity contribution in [2.45, 2.75) is 32.5 Å². The molecule has 0 saturated carbocycles. The van der Waals surface area contributed by atoms with Gasteiger partial charge in [-0.15, -0.1) is 0 Å². The van der Waals surface area contributed by atoms with E-state index in [1.165, 1.54) is 4.90 Å². The summed E-state index contributed by atoms with van der Waals surface area (Å²) in [7, 11) is 0. The Kier molecular flexibility index (Phi) is 7.36. The summed E-state index contributed by atoms with van der Waals surface area (Å²) in [6.45, 7) is 4.31. The van der Waals surface area contributed by atoms with Crippen molar-refractivity contribution in [1.29, 1.82) is 0 Å². The number of ether oxygens (including phenoxy) is 1. The topological polar surface area (TPSA) is 87.7 Å². The number of hydrogen-bond donors (Lipinski definition) is 2. The molecule has 1 saturated heterocycles. The quantitative estimate of drug-likeness (QED) is 0.481. The number of benzene rings is 3. The highest BCUT2D eigenvalue weighted by Crippen LogP contribution is 2.35. The molecular formula is C27H26ClN3O4. The van der Waals surface area contributed by atoms with Gasteiger partial charge < -0.3 is 15.4 Å². The highest BCUT2D eigenvalue weighted by molar-refractivity contribution is 6.30. The van der Waals surface area contributed by atoms with Crippen molar-refractivity contribution in [3.8, 4) is 0 Å². The molecule has 3 aromatic carbocycles. The average molecular weight is 492 g/mol. The second-order valence-corrected chi connectivity index (χ2v) is 8.79. The summed E-state index contributed by atoms with van der Waals surface area (Å²) in [5.74, 6) is -0.572. The van der Waals surface area contributed by atoms with E-state index < -0.39 is 18.2 Å². The zero-order valence-corrected chi connectivity index (χ0v) is 20.2. The van der Waals surface area contributed by atoms with Gasteiger partial charge in [0.1, 0.15) is 0 Å². The molecule has 8 heteroatoms. The largest absolute Gasteiger partial charge is 0.438 e. The lowest BCUT2D eigenvalue weighted by molar-refractivity contribution is -0.126. The first-order valence-corrected chi connectivity index (χ1v) is 11.7. The molecule has 2 N–H and O–H groups in total. The molecule has 1 fully saturated rings. The maximum atomic E-state index is 13.0. The molecule has 1 aliphatic rings. The van der Waals surface area contributed by atoms with Crippen molar-refractivity contribution < 1.29 is 19.1 Å². The van der Waals surface area contributed by atoms with Crippen LogP contribution in [0.4, 0.5) is 10.5 Å². The van der Waals surface area contributed by atoms with Crippen LogP contribution >= 0.6 is 11.6 Å². The molecule has 0 aromatic heterocycles. The lowest BCUT2D eigenvalue weighted by Gasteiger charge is -2.24. The molecule has 35 heavy (non-hydrogen) atoms. The third-order valence-corrected chi connectivity index (χ3v) is 5.93. The highest BCUT2D eigenvalue weighted by atomic mass is 35.5. The Bertz CT molecular complexity index is 1260. The fourth-order valence-electron chi connectivity index (χ4n) is 4.10. The second kappa shape index (κ2) is 10.6. The first-order valence-electron chi connectivity index (χ1n) is 11.3. The normalized spacial score (nSPS) is 17.1. The molecule has 180 valence electrons. The fraction of sp³-hybridized carbons (Fsp3) is 0.222. The Morgan fingerprint density at radius 1 is 1.03 bits per heavy atom. The first-order chi connectivity index (χ1) is 16.9. The van der Waals surface area contributed by atoms with Crippen molar-refractivity contribution in [1.82, 2.24) is 10.2 Å². The Morgan fingerprint density at radius 2 is 1.80 bits per heavy atom. The lowest BCUT2D eigenvalue weighted by atomic mass is 10.00. The van der Waals surface area contributed by atoms with Gasteiger partial charge in [0, 0.05) is 22.8 Å². The summed E-state index contributed by atoms with van der Waals surface area (Å²) < 4.78 is 5.68. The number of likely N-dealkylation sites (N-methyl/N-ethyl adjacent to an activating group) is 1. The zero-order valence-electron chi connectivity index (χ0n) is 19.5. The van der Waals surface area contributed by atoms with Crippen molar-refractivity contribution in [3.05, 3.63) is 100 Å². The van der Waals surface area contributed by atoms with Crippen molar-refractivity contribution >= 4 is 35.2 Å². The minimum absolute atomic E-state index is 0.168. The number of rotatable bonds is 7. The average Bonchev–Trinajstić information content (AvgIpc) is 3.15. The molecule has 3 aromatic rings. The molecule has 2 atom stereocenters. The minimum atomic E-state index is -0.885. The van der Waals surface area contributed by atoms with Crippen LogP contribution in [0, 0.1) is 6.92 Å². The molecule has 0 aliphatic carbocycles. The third-order valence-electron chi connectivity index (χ3n) is 5.70. The first kappa shape index (κ1) is 24.3. The maximum absolute atomic E-state index is 13.0. The molecule has 0 unspecified atom stereocenters. The number of anilines is 1. The van der Waals surface area contributed by atoms with Gasteiger partial charge in [-0.2, -0.15) is 0 Å². The predicted octanol–water partition coefficient (Wildman–Crippen LogP) is 5.10. The zero-order chi connectivity index (χ0) is 24.9. The minimum Gasteiger partial charge on any atom is -0.438 e. The van der Waals surface area contributed by atoms with E-state index in [1.807, 2.05) is 32.0 Å². The predicted molar refractivity (Wildman–Crippen MR) is 134 cm³/mol. The van der Waals surface area contributed by atoms with Gasteiger partial charge in [0.25, 0.3) is 5.91 Å². The van der Waals surface area contributed by atoms with Crippen LogP contribution < -0.4 is 10.6 Å². The van der Waals surface area contributed by atoms with Crippen LogP contribution in [-0.4, -0.2) is 35.4 Å². The van der Waals surface area contributed by atoms with E-state index in [-0.39, 0.29) is 18.4 Å². The Morgan fingerprint density at radius 3 is 2.54 bits per heavy atom. The highest BCUT2D eigenvalue weighted by Gasteiger charge is 2.46. The summed E-state index contributed by atoms with van der Waals surface area (Å²) in [6, 6.07) is 20.5. The number of carbonyl (C=O) groups is 3. The van der Waals surface area contributed by atoms with Crippen LogP contribution in [0.2, 0.25) is 5.02 Å². The molecule has 7 nitrogen and oxygen atoms in total. The van der Waals surface area contributed by atoms with Gasteiger partial charge in [-0.1, -0.05) is 53.6 Å². The maximum Gasteiger partial charge on any atom is 0.411 e. The summed E-state index contributed by atoms with van der Waals surface area (Å²) in [4.78, 5) is 40.0. The van der Waals surface area contributed by atoms with Crippen molar-refractivity contribution in [2.24, 2.45) is 0 Å². The van der Waals surface area contributed by atoms with Gasteiger partial charge >= 0.3 is 6.09 Å². The SMILES string of the molecule is CCNC(=O)[C@@H]1[C@H](c2cccc(NC(=O)c3cccc(C)c3)c2)OC(=O)N1Cc1cccc(Cl)c1. The summed E-state index contributed by atoms with van der Waals surface area (Å²) >= 11 is 6.10. The number of hydrogen-bond acceptors (Lipinski definition) is 4. The molecule has 4 rings (SSSR count). The molecule has 1 heterocycles. The summed E-state index contributed by atoms with van der Waals surface area (Å²) in [5.41, 5.74) is 3.44. The number of amides is 3. The number of nitrogens with zero attached hydrogens (tertiary/aromatic N) is 1. The van der Waals surface area contributed by atoms with Gasteiger partial charge in [0.15, 0.2) is 12.1 Å². The Labute approximate surface area is 209 Å². The van der Waals surface area contributed by atoms with Gasteiger partial charge in [0.05, 0.1) is 6.54 Å². The summed E-state index contributed by atoms with van der Waals surface area (Å²) in [5, 5.41) is 6.22. The van der Waals surface area contributed by atoms with E-state index in [0.29, 0.717) is 28.4 Å². The van der Waals surface area contributed by atoms with Crippen LogP contribution in [0.25, 0.3) is 0 Å². The Hall–Kier alpha value is -3.84. The van der Waals surface area contributed by atoms with E-state index in [0.717, 1.165) is 11.1 Å². The third kappa shape index (κ3) is 5.63. The van der Waals surface area contributed by atoms with E-state index in [9.17, 15) is 14.4 Å². The molecule has 3 amide bonds. The van der Waals surface area contributed by atoms with Crippen LogP contribution in [0.5, 0.6) is 0 Å². The Balaban J connectivity index is 1.60. The second-order valence-electron chi connectivity index (χ2n) is 8.35. The fourth-order valence-corrected chi connectivity index (χ4v) is 4.32. The standard InChI is InChI=1S/C27H26ClN3O4/c1-3-29-26(33)23-24(35-27(34)31(23)16-18-8-5-11-21(28)14-18)19-9-6-12-22(15-19)30-25(32)20-10-4-7-17(2)13-20/h4-15,23-24H,3,16H2,1-2H3,(H,29,33)(H,30,32)/t23-,24-/m0/s1. The monoisotopic (exact) mass is 491 g/mol. The number of cyclic esters (lactones) is 1. The van der Waals surface area contributed by atoms with Crippen molar-refractivity contribution in [2.75, 3.05) is 11.9 Å². The van der Waals surface area contributed by atoms with Gasteiger partial charge in [-0.3, -0.25) is 14.5 Å². The molecule has 0 radical (unpaired) electrons. The molecule has 0 bridgehead atoms. The number of carbonyl (C=O) groups excluding carboxylic acids is 3. The molecule has 0 spiro atoms.